The second-order valence-electron chi connectivity index (χ2n) is 8.28. The molecule has 5 heteroatoms. The number of rotatable bonds is 5. The van der Waals surface area contributed by atoms with Gasteiger partial charge in [-0.1, -0.05) is 61.4 Å². The number of carbonyl (C=O) groups excluding carboxylic acids is 2. The molecule has 4 rings (SSSR count). The topological polar surface area (TPSA) is 52.7 Å². The Morgan fingerprint density at radius 3 is 2.52 bits per heavy atom. The molecule has 152 valence electrons. The van der Waals surface area contributed by atoms with E-state index in [0.29, 0.717) is 19.0 Å². The van der Waals surface area contributed by atoms with Crippen molar-refractivity contribution in [2.75, 3.05) is 25.5 Å². The lowest BCUT2D eigenvalue weighted by molar-refractivity contribution is -0.129. The van der Waals surface area contributed by atoms with Gasteiger partial charge in [0.2, 0.25) is 5.91 Å². The minimum absolute atomic E-state index is 0.139. The number of anilines is 1. The van der Waals surface area contributed by atoms with Crippen molar-refractivity contribution in [1.82, 2.24) is 9.80 Å². The molecule has 2 aromatic carbocycles. The summed E-state index contributed by atoms with van der Waals surface area (Å²) in [6.45, 7) is 1.37. The Hall–Kier alpha value is -2.82. The van der Waals surface area contributed by atoms with E-state index in [4.69, 9.17) is 0 Å². The monoisotopic (exact) mass is 391 g/mol. The highest BCUT2D eigenvalue weighted by Gasteiger charge is 2.36. The molecule has 2 aromatic rings. The van der Waals surface area contributed by atoms with Crippen molar-refractivity contribution in [3.8, 4) is 11.1 Å². The number of nitrogens with one attached hydrogen (secondary N) is 1. The van der Waals surface area contributed by atoms with E-state index in [1.165, 1.54) is 12.8 Å². The smallest absolute Gasteiger partial charge is 0.321 e. The maximum absolute atomic E-state index is 12.8. The molecule has 1 N–H and O–H groups in total. The van der Waals surface area contributed by atoms with Crippen LogP contribution in [0.4, 0.5) is 10.5 Å². The minimum Gasteiger partial charge on any atom is -0.339 e. The number of carbonyl (C=O) groups is 2. The fourth-order valence-electron chi connectivity index (χ4n) is 4.64. The van der Waals surface area contributed by atoms with Crippen LogP contribution in [0.15, 0.2) is 54.6 Å². The molecule has 0 aromatic heterocycles. The summed E-state index contributed by atoms with van der Waals surface area (Å²) < 4.78 is 0. The molecule has 3 amide bonds. The van der Waals surface area contributed by atoms with E-state index >= 15 is 0 Å². The number of benzene rings is 2. The molecule has 1 heterocycles. The molecule has 2 aliphatic rings. The third-order valence-corrected chi connectivity index (χ3v) is 6.14. The molecule has 0 radical (unpaired) electrons. The molecular formula is C24H29N3O2. The van der Waals surface area contributed by atoms with Gasteiger partial charge in [0.1, 0.15) is 0 Å². The SMILES string of the molecule is CN(CC1CC(=O)N(C2CCCC2)C1)C(=O)Nc1ccccc1-c1ccccc1. The van der Waals surface area contributed by atoms with Crippen LogP contribution in [-0.4, -0.2) is 47.9 Å². The van der Waals surface area contributed by atoms with E-state index in [2.05, 4.69) is 10.2 Å². The molecule has 1 saturated carbocycles. The van der Waals surface area contributed by atoms with Crippen LogP contribution < -0.4 is 5.32 Å². The summed E-state index contributed by atoms with van der Waals surface area (Å²) in [6.07, 6.45) is 5.26. The van der Waals surface area contributed by atoms with Crippen LogP contribution >= 0.6 is 0 Å². The van der Waals surface area contributed by atoms with Crippen LogP contribution in [0.3, 0.4) is 0 Å². The van der Waals surface area contributed by atoms with Crippen LogP contribution in [0.25, 0.3) is 11.1 Å². The van der Waals surface area contributed by atoms with Crippen molar-refractivity contribution in [1.29, 1.82) is 0 Å². The summed E-state index contributed by atoms with van der Waals surface area (Å²) in [4.78, 5) is 29.0. The molecule has 1 atom stereocenters. The van der Waals surface area contributed by atoms with E-state index in [1.807, 2.05) is 61.6 Å². The van der Waals surface area contributed by atoms with Crippen molar-refractivity contribution >= 4 is 17.6 Å². The van der Waals surface area contributed by atoms with Crippen LogP contribution in [0, 0.1) is 5.92 Å². The Morgan fingerprint density at radius 2 is 1.76 bits per heavy atom. The Bertz CT molecular complexity index is 861. The first-order chi connectivity index (χ1) is 14.1. The third kappa shape index (κ3) is 4.44. The van der Waals surface area contributed by atoms with Gasteiger partial charge in [0.05, 0.1) is 5.69 Å². The lowest BCUT2D eigenvalue weighted by Gasteiger charge is -2.25. The molecule has 5 nitrogen and oxygen atoms in total. The maximum atomic E-state index is 12.8. The van der Waals surface area contributed by atoms with Gasteiger partial charge in [-0.2, -0.15) is 0 Å². The van der Waals surface area contributed by atoms with Crippen molar-refractivity contribution < 1.29 is 9.59 Å². The molecule has 29 heavy (non-hydrogen) atoms. The van der Waals surface area contributed by atoms with E-state index in [1.54, 1.807) is 4.90 Å². The van der Waals surface area contributed by atoms with Crippen LogP contribution in [0.2, 0.25) is 0 Å². The second kappa shape index (κ2) is 8.68. The van der Waals surface area contributed by atoms with Crippen molar-refractivity contribution in [2.45, 2.75) is 38.1 Å². The number of amides is 3. The standard InChI is InChI=1S/C24H29N3O2/c1-26(16-18-15-23(28)27(17-18)20-11-5-6-12-20)24(29)25-22-14-8-7-13-21(22)19-9-3-2-4-10-19/h2-4,7-10,13-14,18,20H,5-6,11-12,15-17H2,1H3,(H,25,29). The Labute approximate surface area is 172 Å². The molecule has 1 aliphatic carbocycles. The van der Waals surface area contributed by atoms with Crippen LogP contribution in [0.5, 0.6) is 0 Å². The van der Waals surface area contributed by atoms with Gasteiger partial charge in [0, 0.05) is 44.1 Å². The molecular weight excluding hydrogens is 362 g/mol. The van der Waals surface area contributed by atoms with Gasteiger partial charge in [-0.25, -0.2) is 4.79 Å². The number of nitrogens with zero attached hydrogens (tertiary/aromatic N) is 2. The molecule has 2 fully saturated rings. The molecule has 1 aliphatic heterocycles. The first kappa shape index (κ1) is 19.5. The summed E-state index contributed by atoms with van der Waals surface area (Å²) in [7, 11) is 1.81. The summed E-state index contributed by atoms with van der Waals surface area (Å²) in [5.41, 5.74) is 2.86. The summed E-state index contributed by atoms with van der Waals surface area (Å²) in [5, 5.41) is 3.05. The number of hydrogen-bond donors (Lipinski definition) is 1. The Kier molecular flexibility index (Phi) is 5.84. The van der Waals surface area contributed by atoms with Crippen LogP contribution in [-0.2, 0) is 4.79 Å². The van der Waals surface area contributed by atoms with Crippen LogP contribution in [0.1, 0.15) is 32.1 Å². The zero-order chi connectivity index (χ0) is 20.2. The Balaban J connectivity index is 1.38. The number of urea groups is 1. The van der Waals surface area contributed by atoms with Crippen molar-refractivity contribution in [3.63, 3.8) is 0 Å². The minimum atomic E-state index is -0.139. The van der Waals surface area contributed by atoms with E-state index in [0.717, 1.165) is 36.2 Å². The number of para-hydroxylation sites is 1. The predicted molar refractivity (Wildman–Crippen MR) is 116 cm³/mol. The third-order valence-electron chi connectivity index (χ3n) is 6.14. The van der Waals surface area contributed by atoms with Gasteiger partial charge in [0.25, 0.3) is 0 Å². The van der Waals surface area contributed by atoms with E-state index < -0.39 is 0 Å². The first-order valence-electron chi connectivity index (χ1n) is 10.6. The van der Waals surface area contributed by atoms with E-state index in [-0.39, 0.29) is 17.9 Å². The Morgan fingerprint density at radius 1 is 1.07 bits per heavy atom. The normalized spacial score (nSPS) is 19.6. The average Bonchev–Trinajstić information content (AvgIpc) is 3.38. The van der Waals surface area contributed by atoms with Crippen molar-refractivity contribution in [2.24, 2.45) is 5.92 Å². The fourth-order valence-corrected chi connectivity index (χ4v) is 4.64. The maximum Gasteiger partial charge on any atom is 0.321 e. The fraction of sp³-hybridized carbons (Fsp3) is 0.417. The van der Waals surface area contributed by atoms with Gasteiger partial charge >= 0.3 is 6.03 Å². The van der Waals surface area contributed by atoms with Gasteiger partial charge in [-0.3, -0.25) is 4.79 Å². The summed E-state index contributed by atoms with van der Waals surface area (Å²) in [5.74, 6) is 0.466. The average molecular weight is 392 g/mol. The predicted octanol–water partition coefficient (Wildman–Crippen LogP) is 4.61. The highest BCUT2D eigenvalue weighted by atomic mass is 16.2. The van der Waals surface area contributed by atoms with Gasteiger partial charge in [-0.05, 0) is 24.5 Å². The number of likely N-dealkylation sites (tertiary alicyclic amines) is 1. The summed E-state index contributed by atoms with van der Waals surface area (Å²) >= 11 is 0. The highest BCUT2D eigenvalue weighted by Crippen LogP contribution is 2.30. The molecule has 1 saturated heterocycles. The lowest BCUT2D eigenvalue weighted by atomic mass is 10.0. The highest BCUT2D eigenvalue weighted by molar-refractivity contribution is 5.94. The zero-order valence-corrected chi connectivity index (χ0v) is 17.0. The zero-order valence-electron chi connectivity index (χ0n) is 17.0. The molecule has 0 bridgehead atoms. The van der Waals surface area contributed by atoms with Gasteiger partial charge < -0.3 is 15.1 Å². The van der Waals surface area contributed by atoms with Gasteiger partial charge in [0.15, 0.2) is 0 Å². The molecule has 0 spiro atoms. The second-order valence-corrected chi connectivity index (χ2v) is 8.28. The molecule has 1 unspecified atom stereocenters. The van der Waals surface area contributed by atoms with Crippen molar-refractivity contribution in [3.05, 3.63) is 54.6 Å². The number of hydrogen-bond acceptors (Lipinski definition) is 2. The summed E-state index contributed by atoms with van der Waals surface area (Å²) in [6, 6.07) is 18.2. The lowest BCUT2D eigenvalue weighted by Crippen LogP contribution is -2.38. The largest absolute Gasteiger partial charge is 0.339 e. The quantitative estimate of drug-likeness (QED) is 0.809. The van der Waals surface area contributed by atoms with Gasteiger partial charge in [-0.15, -0.1) is 0 Å². The first-order valence-corrected chi connectivity index (χ1v) is 10.6. The van der Waals surface area contributed by atoms with E-state index in [9.17, 15) is 9.59 Å².